The first-order chi connectivity index (χ1) is 9.80. The minimum Gasteiger partial charge on any atom is -0.481 e. The number of para-hydroxylation sites is 1. The minimum atomic E-state index is -0.912. The molecule has 0 radical (unpaired) electrons. The second-order valence-corrected chi connectivity index (χ2v) is 6.46. The van der Waals surface area contributed by atoms with E-state index in [0.29, 0.717) is 6.54 Å². The van der Waals surface area contributed by atoms with Gasteiger partial charge in [-0.15, -0.1) is 0 Å². The molecule has 1 aliphatic heterocycles. The number of nitrogens with one attached hydrogen (secondary N) is 1. The summed E-state index contributed by atoms with van der Waals surface area (Å²) in [7, 11) is 0. The lowest BCUT2D eigenvalue weighted by atomic mass is 9.78. The van der Waals surface area contributed by atoms with E-state index in [1.165, 1.54) is 5.56 Å². The summed E-state index contributed by atoms with van der Waals surface area (Å²) in [6.45, 7) is 7.27. The van der Waals surface area contributed by atoms with Gasteiger partial charge in [0, 0.05) is 24.7 Å². The molecule has 0 aliphatic carbocycles. The average molecular weight is 290 g/mol. The molecule has 1 aromatic rings. The molecule has 21 heavy (non-hydrogen) atoms. The Morgan fingerprint density at radius 3 is 2.62 bits per heavy atom. The van der Waals surface area contributed by atoms with Gasteiger partial charge in [0.25, 0.3) is 0 Å². The van der Waals surface area contributed by atoms with E-state index in [-0.39, 0.29) is 30.3 Å². The lowest BCUT2D eigenvalue weighted by Crippen LogP contribution is -2.41. The van der Waals surface area contributed by atoms with Crippen LogP contribution in [0, 0.1) is 5.41 Å². The van der Waals surface area contributed by atoms with Crippen molar-refractivity contribution in [3.63, 3.8) is 0 Å². The highest BCUT2D eigenvalue weighted by atomic mass is 16.4. The number of urea groups is 1. The standard InChI is InChI=1S/C16H22N2O3/c1-16(2,3)12-10-18(13-7-5-4-6-11(12)13)15(21)17-9-8-14(19)20/h4-7,12H,8-10H2,1-3H3,(H,17,21)(H,19,20). The van der Waals surface area contributed by atoms with Crippen LogP contribution in [0.25, 0.3) is 0 Å². The number of anilines is 1. The van der Waals surface area contributed by atoms with E-state index in [9.17, 15) is 9.59 Å². The Morgan fingerprint density at radius 2 is 2.00 bits per heavy atom. The van der Waals surface area contributed by atoms with E-state index in [2.05, 4.69) is 32.2 Å². The molecule has 0 bridgehead atoms. The molecule has 5 nitrogen and oxygen atoms in total. The number of hydrogen-bond acceptors (Lipinski definition) is 2. The first-order valence-electron chi connectivity index (χ1n) is 7.17. The number of rotatable bonds is 3. The number of benzene rings is 1. The van der Waals surface area contributed by atoms with Gasteiger partial charge in [0.2, 0.25) is 0 Å². The molecule has 0 spiro atoms. The number of aliphatic carboxylic acids is 1. The highest BCUT2D eigenvalue weighted by Crippen LogP contribution is 2.45. The number of fused-ring (bicyclic) bond motifs is 1. The lowest BCUT2D eigenvalue weighted by Gasteiger charge is -2.27. The van der Waals surface area contributed by atoms with Crippen LogP contribution in [0.15, 0.2) is 24.3 Å². The van der Waals surface area contributed by atoms with Crippen molar-refractivity contribution in [3.05, 3.63) is 29.8 Å². The van der Waals surface area contributed by atoms with Gasteiger partial charge in [-0.3, -0.25) is 9.69 Å². The lowest BCUT2D eigenvalue weighted by molar-refractivity contribution is -0.136. The third-order valence-electron chi connectivity index (χ3n) is 3.87. The number of carbonyl (C=O) groups excluding carboxylic acids is 1. The molecule has 5 heteroatoms. The second-order valence-electron chi connectivity index (χ2n) is 6.46. The van der Waals surface area contributed by atoms with Gasteiger partial charge in [0.15, 0.2) is 0 Å². The molecule has 1 atom stereocenters. The summed E-state index contributed by atoms with van der Waals surface area (Å²) in [5.74, 6) is -0.636. The molecule has 0 aromatic heterocycles. The van der Waals surface area contributed by atoms with Gasteiger partial charge in [0.1, 0.15) is 0 Å². The van der Waals surface area contributed by atoms with E-state index < -0.39 is 5.97 Å². The van der Waals surface area contributed by atoms with Crippen LogP contribution in [-0.4, -0.2) is 30.2 Å². The molecule has 2 N–H and O–H groups in total. The van der Waals surface area contributed by atoms with Crippen LogP contribution in [-0.2, 0) is 4.79 Å². The summed E-state index contributed by atoms with van der Waals surface area (Å²) in [5.41, 5.74) is 2.16. The molecule has 1 aromatic carbocycles. The van der Waals surface area contributed by atoms with Gasteiger partial charge in [-0.25, -0.2) is 4.79 Å². The van der Waals surface area contributed by atoms with Crippen LogP contribution in [0.3, 0.4) is 0 Å². The van der Waals surface area contributed by atoms with Gasteiger partial charge >= 0.3 is 12.0 Å². The molecule has 2 amide bonds. The van der Waals surface area contributed by atoms with Crippen LogP contribution in [0.1, 0.15) is 38.7 Å². The minimum absolute atomic E-state index is 0.0617. The first-order valence-corrected chi connectivity index (χ1v) is 7.17. The fraction of sp³-hybridized carbons (Fsp3) is 0.500. The van der Waals surface area contributed by atoms with E-state index in [1.807, 2.05) is 18.2 Å². The smallest absolute Gasteiger partial charge is 0.321 e. The predicted molar refractivity (Wildman–Crippen MR) is 81.6 cm³/mol. The second kappa shape index (κ2) is 5.76. The third kappa shape index (κ3) is 3.35. The van der Waals surface area contributed by atoms with E-state index in [0.717, 1.165) is 5.69 Å². The van der Waals surface area contributed by atoms with Crippen molar-refractivity contribution in [1.82, 2.24) is 5.32 Å². The van der Waals surface area contributed by atoms with Gasteiger partial charge in [-0.1, -0.05) is 39.0 Å². The molecule has 0 saturated heterocycles. The quantitative estimate of drug-likeness (QED) is 0.899. The summed E-state index contributed by atoms with van der Waals surface area (Å²) in [5, 5.41) is 11.3. The SMILES string of the molecule is CC(C)(C)C1CN(C(=O)NCCC(=O)O)c2ccccc21. The van der Waals surface area contributed by atoms with Crippen molar-refractivity contribution >= 4 is 17.7 Å². The molecular formula is C16H22N2O3. The number of carbonyl (C=O) groups is 2. The Kier molecular flexibility index (Phi) is 4.21. The zero-order valence-corrected chi connectivity index (χ0v) is 12.7. The number of carboxylic acid groups (broad SMARTS) is 1. The molecule has 0 fully saturated rings. The zero-order valence-electron chi connectivity index (χ0n) is 12.7. The predicted octanol–water partition coefficient (Wildman–Crippen LogP) is 2.82. The van der Waals surface area contributed by atoms with Crippen molar-refractivity contribution in [2.24, 2.45) is 5.41 Å². The van der Waals surface area contributed by atoms with Crippen molar-refractivity contribution < 1.29 is 14.7 Å². The van der Waals surface area contributed by atoms with Crippen LogP contribution in [0.2, 0.25) is 0 Å². The van der Waals surface area contributed by atoms with Crippen molar-refractivity contribution in [3.8, 4) is 0 Å². The van der Waals surface area contributed by atoms with E-state index in [4.69, 9.17) is 5.11 Å². The van der Waals surface area contributed by atoms with Gasteiger partial charge in [-0.05, 0) is 17.0 Å². The fourth-order valence-electron chi connectivity index (χ4n) is 2.71. The van der Waals surface area contributed by atoms with Crippen molar-refractivity contribution in [2.75, 3.05) is 18.0 Å². The van der Waals surface area contributed by atoms with Crippen molar-refractivity contribution in [2.45, 2.75) is 33.1 Å². The summed E-state index contributed by atoms with van der Waals surface area (Å²) in [6, 6.07) is 7.69. The number of amides is 2. The van der Waals surface area contributed by atoms with Crippen molar-refractivity contribution in [1.29, 1.82) is 0 Å². The van der Waals surface area contributed by atoms with Crippen LogP contribution in [0.4, 0.5) is 10.5 Å². The van der Waals surface area contributed by atoms with Crippen LogP contribution < -0.4 is 10.2 Å². The summed E-state index contributed by atoms with van der Waals surface area (Å²) >= 11 is 0. The maximum Gasteiger partial charge on any atom is 0.321 e. The Labute approximate surface area is 125 Å². The third-order valence-corrected chi connectivity index (χ3v) is 3.87. The fourth-order valence-corrected chi connectivity index (χ4v) is 2.71. The zero-order chi connectivity index (χ0) is 15.6. The average Bonchev–Trinajstić information content (AvgIpc) is 2.77. The summed E-state index contributed by atoms with van der Waals surface area (Å²) in [4.78, 5) is 24.5. The molecule has 1 aliphatic rings. The maximum atomic E-state index is 12.3. The number of nitrogens with zero attached hydrogens (tertiary/aromatic N) is 1. The molecule has 2 rings (SSSR count). The van der Waals surface area contributed by atoms with Crippen LogP contribution in [0.5, 0.6) is 0 Å². The highest BCUT2D eigenvalue weighted by molar-refractivity contribution is 5.94. The normalized spacial score (nSPS) is 17.5. The van der Waals surface area contributed by atoms with Gasteiger partial charge in [-0.2, -0.15) is 0 Å². The van der Waals surface area contributed by atoms with Gasteiger partial charge < -0.3 is 10.4 Å². The van der Waals surface area contributed by atoms with Crippen LogP contribution >= 0.6 is 0 Å². The molecule has 1 heterocycles. The topological polar surface area (TPSA) is 69.6 Å². The Hall–Kier alpha value is -2.04. The molecule has 0 saturated carbocycles. The first kappa shape index (κ1) is 15.4. The Morgan fingerprint density at radius 1 is 1.33 bits per heavy atom. The Bertz CT molecular complexity index is 549. The van der Waals surface area contributed by atoms with E-state index in [1.54, 1.807) is 4.90 Å². The van der Waals surface area contributed by atoms with Gasteiger partial charge in [0.05, 0.1) is 6.42 Å². The monoisotopic (exact) mass is 290 g/mol. The number of carboxylic acids is 1. The largest absolute Gasteiger partial charge is 0.481 e. The summed E-state index contributed by atoms with van der Waals surface area (Å²) in [6.07, 6.45) is -0.0655. The molecular weight excluding hydrogens is 268 g/mol. The van der Waals surface area contributed by atoms with E-state index >= 15 is 0 Å². The molecule has 1 unspecified atom stereocenters. The number of hydrogen-bond donors (Lipinski definition) is 2. The molecule has 114 valence electrons. The summed E-state index contributed by atoms with van der Waals surface area (Å²) < 4.78 is 0. The highest BCUT2D eigenvalue weighted by Gasteiger charge is 2.38. The Balaban J connectivity index is 2.15. The maximum absolute atomic E-state index is 12.3.